The van der Waals surface area contributed by atoms with Crippen molar-refractivity contribution in [2.75, 3.05) is 51.6 Å². The van der Waals surface area contributed by atoms with Crippen molar-refractivity contribution in [3.63, 3.8) is 0 Å². The normalized spacial score (nSPS) is 15.1. The summed E-state index contributed by atoms with van der Waals surface area (Å²) in [6.45, 7) is 12.9. The Balaban J connectivity index is 6.61. The zero-order valence-electron chi connectivity index (χ0n) is 72.7. The quantitative estimate of drug-likeness (QED) is 0.0116. The fourth-order valence-corrected chi connectivity index (χ4v) is 11.5. The van der Waals surface area contributed by atoms with Gasteiger partial charge in [0.1, 0.15) is 84.6 Å². The number of nitrogens with one attached hydrogen (secondary N) is 16. The number of carbonyl (C=O) groups excluding carboxylic acids is 16. The summed E-state index contributed by atoms with van der Waals surface area (Å²) in [5.74, 6) is -21.4. The van der Waals surface area contributed by atoms with E-state index in [1.165, 1.54) is 20.8 Å². The van der Waals surface area contributed by atoms with E-state index in [0.717, 1.165) is 13.8 Å². The highest BCUT2D eigenvalue weighted by atomic mass is 32.1. The molecular formula is C73H133N29O23S. The third kappa shape index (κ3) is 47.0. The summed E-state index contributed by atoms with van der Waals surface area (Å²) in [5, 5.41) is 87.7. The molecule has 0 unspecified atom stereocenters. The van der Waals surface area contributed by atoms with Crippen LogP contribution in [0.2, 0.25) is 0 Å². The molecule has 0 fully saturated rings. The van der Waals surface area contributed by atoms with E-state index in [4.69, 9.17) is 56.7 Å². The monoisotopic (exact) mass is 1820 g/mol. The lowest BCUT2D eigenvalue weighted by Crippen LogP contribution is -2.62. The Morgan fingerprint density at radius 2 is 0.619 bits per heavy atom. The second kappa shape index (κ2) is 59.5. The lowest BCUT2D eigenvalue weighted by Gasteiger charge is -2.29. The topological polar surface area (TPSA) is 885 Å². The second-order valence-electron chi connectivity index (χ2n) is 30.7. The number of carboxylic acids is 2. The van der Waals surface area contributed by atoms with E-state index in [1.807, 2.05) is 5.32 Å². The molecule has 16 amide bonds. The molecule has 0 aliphatic rings. The maximum atomic E-state index is 14.3. The Morgan fingerprint density at radius 1 is 0.325 bits per heavy atom. The van der Waals surface area contributed by atoms with Crippen molar-refractivity contribution >= 4 is 143 Å². The fourth-order valence-electron chi connectivity index (χ4n) is 11.3. The van der Waals surface area contributed by atoms with Crippen molar-refractivity contribution in [3.8, 4) is 0 Å². The third-order valence-electron chi connectivity index (χ3n) is 18.1. The predicted molar refractivity (Wildman–Crippen MR) is 460 cm³/mol. The number of amides is 16. The number of rotatable bonds is 61. The summed E-state index contributed by atoms with van der Waals surface area (Å²) in [4.78, 5) is 257. The average molecular weight is 1820 g/mol. The molecule has 0 aromatic carbocycles. The number of guanidine groups is 4. The molecule has 0 aliphatic carbocycles. The number of nitrogens with zero attached hydrogens (tertiary/aromatic N) is 4. The summed E-state index contributed by atoms with van der Waals surface area (Å²) >= 11 is 4.08. The van der Waals surface area contributed by atoms with Gasteiger partial charge in [0.25, 0.3) is 0 Å². The molecule has 0 saturated heterocycles. The highest BCUT2D eigenvalue weighted by molar-refractivity contribution is 7.80. The van der Waals surface area contributed by atoms with Gasteiger partial charge >= 0.3 is 11.9 Å². The predicted octanol–water partition coefficient (Wildman–Crippen LogP) is -13.0. The van der Waals surface area contributed by atoms with Crippen LogP contribution < -0.4 is 137 Å². The van der Waals surface area contributed by atoms with E-state index in [9.17, 15) is 107 Å². The van der Waals surface area contributed by atoms with E-state index < -0.39 is 247 Å². The lowest BCUT2D eigenvalue weighted by molar-refractivity contribution is -0.143. The van der Waals surface area contributed by atoms with Crippen molar-refractivity contribution in [1.82, 2.24) is 85.1 Å². The van der Waals surface area contributed by atoms with Gasteiger partial charge in [0, 0.05) is 38.4 Å². The Bertz CT molecular complexity index is 3780. The molecule has 0 aliphatic heterocycles. The van der Waals surface area contributed by atoms with Crippen LogP contribution in [0.1, 0.15) is 153 Å². The minimum atomic E-state index is -1.97. The maximum Gasteiger partial charge on any atom is 0.328 e. The molecule has 0 bridgehead atoms. The average Bonchev–Trinajstić information content (AvgIpc) is 0.832. The number of hydrogen-bond donors (Lipinski definition) is 31. The summed E-state index contributed by atoms with van der Waals surface area (Å²) in [5.41, 5.74) is 49.6. The van der Waals surface area contributed by atoms with Crippen LogP contribution in [0.15, 0.2) is 20.0 Å². The SMILES string of the molecule is CC(C)C[C@H](NC(=O)[C@H](CC(C)C)NC(=O)[C@@H](NC(=O)[C@H](C)NC(=O)[C@@H](N)CCC(=O)O)C(C)C)C(=O)N[C@@H](CCCN=C(N)N)C(=O)NCC(=O)NCC(=O)N[C@H](C(=O)N[C@H](C(=O)N[C@@H](CCCN=C(N)N)C(=O)N[C@@H](C)C(=O)N[C@@H](C)C(=O)N[C@@H](CCCN=C(N)N)C(=O)N[C@@H](CCCN=C(N)N)C(=O)N[C@@H](CS)C(=O)N[C@@H](CO)C(=O)O)[C@@H](C)O)[C@@H](C)O. The molecule has 714 valence electrons. The van der Waals surface area contributed by atoms with Gasteiger partial charge in [-0.2, -0.15) is 12.6 Å². The standard InChI is InChI=1S/C73H133N29O23S/c1-32(2)26-45(96-64(119)46(27-33(3)4)97-66(121)52(34(5)6)101-57(112)37(9)90-58(113)40(74)20-21-51(108)109)63(118)93-41(16-12-22-83-70(75)76)59(114)88-28-49(106)87-29-50(107)100-53(38(10)104)68(123)102-54(39(11)105)67(122)95-42(17-13-23-84-71(77)78)60(115)91-35(7)55(110)89-36(8)56(111)92-43(18-14-24-85-72(79)80)61(116)94-44(19-15-25-86-73(81)82)62(117)99-48(31-126)65(120)98-47(30-103)69(124)125/h32-48,52-54,103-105,126H,12-31,74H2,1-11H3,(H,87,106)(H,88,114)(H,89,110)(H,90,113)(H,91,115)(H,92,111)(H,93,118)(H,94,116)(H,95,122)(H,96,119)(H,97,121)(H,98,120)(H,99,117)(H,100,107)(H,101,112)(H,102,123)(H,108,109)(H,124,125)(H4,75,76,83)(H4,77,78,84)(H4,79,80,85)(H4,81,82,86)/t35-,36-,37-,38+,39+,40-,41-,42-,43-,44-,45-,46-,47-,48-,52-,53-,54-/m0/s1. The smallest absolute Gasteiger partial charge is 0.328 e. The number of thiol groups is 1. The summed E-state index contributed by atoms with van der Waals surface area (Å²) < 4.78 is 0. The number of aliphatic carboxylic acids is 2. The van der Waals surface area contributed by atoms with Gasteiger partial charge in [-0.05, 0) is 123 Å². The molecule has 0 aromatic rings. The van der Waals surface area contributed by atoms with Gasteiger partial charge < -0.3 is 162 Å². The van der Waals surface area contributed by atoms with Crippen LogP contribution in [0.3, 0.4) is 0 Å². The third-order valence-corrected chi connectivity index (χ3v) is 18.5. The van der Waals surface area contributed by atoms with Crippen LogP contribution in [0, 0.1) is 17.8 Å². The number of nitrogens with two attached hydrogens (primary N) is 9. The molecule has 0 aromatic heterocycles. The van der Waals surface area contributed by atoms with Gasteiger partial charge in [0.05, 0.1) is 37.9 Å². The second-order valence-corrected chi connectivity index (χ2v) is 31.1. The van der Waals surface area contributed by atoms with E-state index in [-0.39, 0.29) is 132 Å². The Labute approximate surface area is 733 Å². The molecule has 0 saturated carbocycles. The molecule has 39 N–H and O–H groups in total. The summed E-state index contributed by atoms with van der Waals surface area (Å²) in [6.07, 6.45) is -4.93. The number of hydrogen-bond acceptors (Lipinski definition) is 27. The van der Waals surface area contributed by atoms with Gasteiger partial charge in [0.15, 0.2) is 23.8 Å². The van der Waals surface area contributed by atoms with E-state index in [0.29, 0.717) is 0 Å². The highest BCUT2D eigenvalue weighted by Crippen LogP contribution is 2.14. The Kier molecular flexibility index (Phi) is 53.7. The van der Waals surface area contributed by atoms with Crippen molar-refractivity contribution in [3.05, 3.63) is 0 Å². The van der Waals surface area contributed by atoms with Gasteiger partial charge in [-0.3, -0.25) is 101 Å². The lowest BCUT2D eigenvalue weighted by atomic mass is 9.98. The minimum Gasteiger partial charge on any atom is -0.481 e. The van der Waals surface area contributed by atoms with Gasteiger partial charge in [-0.15, -0.1) is 0 Å². The number of aliphatic hydroxyl groups is 3. The summed E-state index contributed by atoms with van der Waals surface area (Å²) in [6, 6.07) is -22.7. The fraction of sp³-hybridized carbons (Fsp3) is 0.699. The number of aliphatic hydroxyl groups excluding tert-OH is 3. The molecule has 0 radical (unpaired) electrons. The van der Waals surface area contributed by atoms with Gasteiger partial charge in [-0.1, -0.05) is 41.5 Å². The first kappa shape index (κ1) is 114. The first-order valence-electron chi connectivity index (χ1n) is 40.6. The molecule has 17 atom stereocenters. The van der Waals surface area contributed by atoms with Crippen LogP contribution in [0.25, 0.3) is 0 Å². The van der Waals surface area contributed by atoms with Crippen molar-refractivity contribution in [2.45, 2.75) is 256 Å². The Hall–Kier alpha value is -12.3. The van der Waals surface area contributed by atoms with E-state index in [2.05, 4.69) is 112 Å². The van der Waals surface area contributed by atoms with Gasteiger partial charge in [-0.25, -0.2) is 4.79 Å². The first-order valence-corrected chi connectivity index (χ1v) is 41.2. The molecule has 0 rings (SSSR count). The maximum absolute atomic E-state index is 14.3. The molecular weight excluding hydrogens is 1680 g/mol. The van der Waals surface area contributed by atoms with E-state index in [1.54, 1.807) is 41.5 Å². The largest absolute Gasteiger partial charge is 0.481 e. The van der Waals surface area contributed by atoms with Crippen LogP contribution in [0.4, 0.5) is 0 Å². The first-order chi connectivity index (χ1) is 58.8. The molecule has 0 heterocycles. The molecule has 53 heteroatoms. The highest BCUT2D eigenvalue weighted by Gasteiger charge is 2.39. The molecule has 126 heavy (non-hydrogen) atoms. The number of carboxylic acid groups (broad SMARTS) is 2. The Morgan fingerprint density at radius 3 is 1.00 bits per heavy atom. The number of aliphatic imine (C=N–C) groups is 4. The van der Waals surface area contributed by atoms with Crippen molar-refractivity contribution in [1.29, 1.82) is 0 Å². The van der Waals surface area contributed by atoms with E-state index >= 15 is 0 Å². The van der Waals surface area contributed by atoms with Crippen LogP contribution in [-0.2, 0) is 86.3 Å². The van der Waals surface area contributed by atoms with Crippen molar-refractivity contribution in [2.24, 2.45) is 89.3 Å². The van der Waals surface area contributed by atoms with Crippen LogP contribution >= 0.6 is 12.6 Å². The minimum absolute atomic E-state index is 0.0171. The zero-order valence-corrected chi connectivity index (χ0v) is 73.6. The van der Waals surface area contributed by atoms with Crippen LogP contribution in [-0.4, -0.2) is 310 Å². The molecule has 0 spiro atoms. The van der Waals surface area contributed by atoms with Gasteiger partial charge in [0.2, 0.25) is 94.5 Å². The zero-order chi connectivity index (χ0) is 96.5. The number of carbonyl (C=O) groups is 18. The summed E-state index contributed by atoms with van der Waals surface area (Å²) in [7, 11) is 0. The molecule has 52 nitrogen and oxygen atoms in total. The van der Waals surface area contributed by atoms with Crippen LogP contribution in [0.5, 0.6) is 0 Å². The van der Waals surface area contributed by atoms with Crippen molar-refractivity contribution < 1.29 is 112 Å².